The average molecular weight is 350 g/mol. The third-order valence-corrected chi connectivity index (χ3v) is 5.60. The van der Waals surface area contributed by atoms with Gasteiger partial charge < -0.3 is 16.0 Å². The molecule has 2 aliphatic rings. The molecule has 1 saturated heterocycles. The van der Waals surface area contributed by atoms with E-state index in [-0.39, 0.29) is 5.91 Å². The van der Waals surface area contributed by atoms with Crippen LogP contribution in [0.1, 0.15) is 50.6 Å². The molecule has 2 aromatic rings. The first kappa shape index (κ1) is 17.2. The van der Waals surface area contributed by atoms with E-state index in [0.29, 0.717) is 12.5 Å². The predicted molar refractivity (Wildman–Crippen MR) is 102 cm³/mol. The van der Waals surface area contributed by atoms with Gasteiger partial charge in [-0.1, -0.05) is 18.2 Å². The van der Waals surface area contributed by atoms with Crippen molar-refractivity contribution < 1.29 is 4.79 Å². The van der Waals surface area contributed by atoms with E-state index < -0.39 is 0 Å². The summed E-state index contributed by atoms with van der Waals surface area (Å²) in [6.07, 6.45) is 4.05. The summed E-state index contributed by atoms with van der Waals surface area (Å²) in [4.78, 5) is 17.4. The van der Waals surface area contributed by atoms with Crippen LogP contribution in [0.4, 0.5) is 0 Å². The van der Waals surface area contributed by atoms with E-state index in [0.717, 1.165) is 55.8 Å². The number of amides is 1. The fourth-order valence-electron chi connectivity index (χ4n) is 4.12. The van der Waals surface area contributed by atoms with Gasteiger partial charge >= 0.3 is 0 Å². The molecule has 4 rings (SSSR count). The standard InChI is InChI=1S/C21H26N4O/c1-14-20(18-7-9-23-11-16(18)12-24-14)13-25-21(26)19-5-3-2-4-17(19)15-6-8-22-10-15/h2-5,12,15,22-23H,6-11,13H2,1H3,(H,25,26)/t15-/m1/s1. The average Bonchev–Trinajstić information content (AvgIpc) is 3.21. The summed E-state index contributed by atoms with van der Waals surface area (Å²) in [5.74, 6) is 0.439. The highest BCUT2D eigenvalue weighted by molar-refractivity contribution is 5.95. The van der Waals surface area contributed by atoms with Gasteiger partial charge in [0.05, 0.1) is 0 Å². The van der Waals surface area contributed by atoms with Crippen molar-refractivity contribution in [1.82, 2.24) is 20.9 Å². The molecule has 3 heterocycles. The fraction of sp³-hybridized carbons (Fsp3) is 0.429. The molecule has 26 heavy (non-hydrogen) atoms. The zero-order valence-corrected chi connectivity index (χ0v) is 15.3. The summed E-state index contributed by atoms with van der Waals surface area (Å²) in [5.41, 5.74) is 6.76. The lowest BCUT2D eigenvalue weighted by atomic mass is 9.93. The molecule has 0 aliphatic carbocycles. The molecular weight excluding hydrogens is 324 g/mol. The summed E-state index contributed by atoms with van der Waals surface area (Å²) in [7, 11) is 0. The maximum atomic E-state index is 12.9. The molecule has 0 spiro atoms. The van der Waals surface area contributed by atoms with Gasteiger partial charge in [0, 0.05) is 37.1 Å². The van der Waals surface area contributed by atoms with Gasteiger partial charge in [-0.2, -0.15) is 0 Å². The van der Waals surface area contributed by atoms with E-state index in [4.69, 9.17) is 0 Å². The Hall–Kier alpha value is -2.24. The molecule has 0 saturated carbocycles. The molecule has 1 aromatic carbocycles. The number of nitrogens with one attached hydrogen (secondary N) is 3. The summed E-state index contributed by atoms with van der Waals surface area (Å²) < 4.78 is 0. The molecule has 0 bridgehead atoms. The Morgan fingerprint density at radius 2 is 2.15 bits per heavy atom. The second-order valence-electron chi connectivity index (χ2n) is 7.21. The summed E-state index contributed by atoms with van der Waals surface area (Å²) in [6, 6.07) is 8.01. The molecule has 3 N–H and O–H groups in total. The Balaban J connectivity index is 1.54. The molecule has 1 atom stereocenters. The van der Waals surface area contributed by atoms with Crippen LogP contribution in [0, 0.1) is 6.92 Å². The Kier molecular flexibility index (Phi) is 5.00. The zero-order chi connectivity index (χ0) is 17.9. The Bertz CT molecular complexity index is 812. The maximum Gasteiger partial charge on any atom is 0.251 e. The maximum absolute atomic E-state index is 12.9. The minimum atomic E-state index is 0.0124. The van der Waals surface area contributed by atoms with E-state index in [1.165, 1.54) is 16.7 Å². The lowest BCUT2D eigenvalue weighted by Crippen LogP contribution is -2.29. The van der Waals surface area contributed by atoms with Crippen molar-refractivity contribution in [3.05, 3.63) is 64.0 Å². The zero-order valence-electron chi connectivity index (χ0n) is 15.3. The summed E-state index contributed by atoms with van der Waals surface area (Å²) >= 11 is 0. The second kappa shape index (κ2) is 7.56. The number of aromatic nitrogens is 1. The van der Waals surface area contributed by atoms with Crippen LogP contribution < -0.4 is 16.0 Å². The van der Waals surface area contributed by atoms with Crippen LogP contribution in [0.2, 0.25) is 0 Å². The lowest BCUT2D eigenvalue weighted by molar-refractivity contribution is 0.0949. The highest BCUT2D eigenvalue weighted by Gasteiger charge is 2.22. The van der Waals surface area contributed by atoms with E-state index in [1.54, 1.807) is 0 Å². The molecule has 0 radical (unpaired) electrons. The third kappa shape index (κ3) is 3.37. The highest BCUT2D eigenvalue weighted by Crippen LogP contribution is 2.26. The van der Waals surface area contributed by atoms with Crippen LogP contribution in [0.5, 0.6) is 0 Å². The molecular formula is C21H26N4O. The first-order chi connectivity index (χ1) is 12.7. The van der Waals surface area contributed by atoms with Crippen molar-refractivity contribution in [2.45, 2.75) is 38.8 Å². The van der Waals surface area contributed by atoms with Crippen molar-refractivity contribution >= 4 is 5.91 Å². The number of carbonyl (C=O) groups excluding carboxylic acids is 1. The SMILES string of the molecule is Cc1ncc2c(c1CNC(=O)c1ccccc1[C@@H]1CCNC1)CCNC2. The van der Waals surface area contributed by atoms with E-state index in [1.807, 2.05) is 31.3 Å². The van der Waals surface area contributed by atoms with Gasteiger partial charge in [0.15, 0.2) is 0 Å². The minimum absolute atomic E-state index is 0.0124. The number of hydrogen-bond donors (Lipinski definition) is 3. The number of pyridine rings is 1. The van der Waals surface area contributed by atoms with Gasteiger partial charge in [-0.15, -0.1) is 0 Å². The second-order valence-corrected chi connectivity index (χ2v) is 7.21. The number of hydrogen-bond acceptors (Lipinski definition) is 4. The van der Waals surface area contributed by atoms with Crippen molar-refractivity contribution in [2.24, 2.45) is 0 Å². The van der Waals surface area contributed by atoms with Crippen LogP contribution in [-0.2, 0) is 19.5 Å². The van der Waals surface area contributed by atoms with Gasteiger partial charge in [0.2, 0.25) is 0 Å². The van der Waals surface area contributed by atoms with E-state index in [2.05, 4.69) is 27.0 Å². The molecule has 5 nitrogen and oxygen atoms in total. The van der Waals surface area contributed by atoms with Crippen molar-refractivity contribution in [3.63, 3.8) is 0 Å². The Labute approximate surface area is 154 Å². The number of aryl methyl sites for hydroxylation is 1. The topological polar surface area (TPSA) is 66.0 Å². The molecule has 136 valence electrons. The van der Waals surface area contributed by atoms with Crippen molar-refractivity contribution in [2.75, 3.05) is 19.6 Å². The number of rotatable bonds is 4. The normalized spacial score (nSPS) is 19.2. The number of nitrogens with zero attached hydrogens (tertiary/aromatic N) is 1. The number of benzene rings is 1. The monoisotopic (exact) mass is 350 g/mol. The fourth-order valence-corrected chi connectivity index (χ4v) is 4.12. The van der Waals surface area contributed by atoms with Crippen LogP contribution in [-0.4, -0.2) is 30.5 Å². The van der Waals surface area contributed by atoms with Crippen molar-refractivity contribution in [3.8, 4) is 0 Å². The van der Waals surface area contributed by atoms with Gasteiger partial charge in [-0.05, 0) is 67.1 Å². The van der Waals surface area contributed by atoms with Gasteiger partial charge in [0.1, 0.15) is 0 Å². The Morgan fingerprint density at radius 1 is 1.27 bits per heavy atom. The van der Waals surface area contributed by atoms with Crippen LogP contribution in [0.25, 0.3) is 0 Å². The predicted octanol–water partition coefficient (Wildman–Crippen LogP) is 2.04. The quantitative estimate of drug-likeness (QED) is 0.790. The molecule has 1 amide bonds. The highest BCUT2D eigenvalue weighted by atomic mass is 16.1. The first-order valence-corrected chi connectivity index (χ1v) is 9.49. The van der Waals surface area contributed by atoms with Crippen LogP contribution in [0.3, 0.4) is 0 Å². The molecule has 2 aliphatic heterocycles. The van der Waals surface area contributed by atoms with Crippen LogP contribution in [0.15, 0.2) is 30.5 Å². The molecule has 1 fully saturated rings. The number of carbonyl (C=O) groups is 1. The smallest absolute Gasteiger partial charge is 0.251 e. The van der Waals surface area contributed by atoms with E-state index >= 15 is 0 Å². The van der Waals surface area contributed by atoms with Gasteiger partial charge in [-0.3, -0.25) is 9.78 Å². The molecule has 0 unspecified atom stereocenters. The summed E-state index contributed by atoms with van der Waals surface area (Å²) in [5, 5.41) is 9.92. The Morgan fingerprint density at radius 3 is 3.00 bits per heavy atom. The molecule has 5 heteroatoms. The van der Waals surface area contributed by atoms with Gasteiger partial charge in [0.25, 0.3) is 5.91 Å². The van der Waals surface area contributed by atoms with Crippen molar-refractivity contribution in [1.29, 1.82) is 0 Å². The van der Waals surface area contributed by atoms with Crippen LogP contribution >= 0.6 is 0 Å². The third-order valence-electron chi connectivity index (χ3n) is 5.60. The largest absolute Gasteiger partial charge is 0.348 e. The first-order valence-electron chi connectivity index (χ1n) is 9.49. The molecule has 1 aromatic heterocycles. The summed E-state index contributed by atoms with van der Waals surface area (Å²) in [6.45, 7) is 6.39. The van der Waals surface area contributed by atoms with E-state index in [9.17, 15) is 4.79 Å². The lowest BCUT2D eigenvalue weighted by Gasteiger charge is -2.22. The number of fused-ring (bicyclic) bond motifs is 1. The van der Waals surface area contributed by atoms with Gasteiger partial charge in [-0.25, -0.2) is 0 Å². The minimum Gasteiger partial charge on any atom is -0.348 e.